The molecule has 0 aliphatic carbocycles. The van der Waals surface area contributed by atoms with Crippen molar-refractivity contribution in [3.05, 3.63) is 94.3 Å². The summed E-state index contributed by atoms with van der Waals surface area (Å²) >= 11 is 6.27. The monoisotopic (exact) mass is 601 g/mol. The molecule has 41 heavy (non-hydrogen) atoms. The summed E-state index contributed by atoms with van der Waals surface area (Å²) in [6.45, 7) is 7.26. The maximum absolute atomic E-state index is 14.1. The Morgan fingerprint density at radius 1 is 0.976 bits per heavy atom. The number of rotatable bonds is 13. The average molecular weight is 602 g/mol. The number of hydrogen-bond donors (Lipinski definition) is 1. The predicted octanol–water partition coefficient (Wildman–Crippen LogP) is 6.01. The summed E-state index contributed by atoms with van der Waals surface area (Å²) in [5, 5.41) is 3.20. The van der Waals surface area contributed by atoms with E-state index in [1.165, 1.54) is 35.2 Å². The number of carbonyl (C=O) groups excluding carboxylic acids is 2. The Morgan fingerprint density at radius 2 is 1.63 bits per heavy atom. The maximum atomic E-state index is 14.1. The van der Waals surface area contributed by atoms with Gasteiger partial charge in [-0.05, 0) is 74.2 Å². The minimum Gasteiger partial charge on any atom is -0.354 e. The van der Waals surface area contributed by atoms with Gasteiger partial charge in [0, 0.05) is 18.1 Å². The molecule has 1 N–H and O–H groups in total. The van der Waals surface area contributed by atoms with Crippen LogP contribution in [0.1, 0.15) is 49.8 Å². The van der Waals surface area contributed by atoms with Crippen LogP contribution in [0.2, 0.25) is 5.02 Å². The lowest BCUT2D eigenvalue weighted by molar-refractivity contribution is -0.140. The molecule has 0 aromatic heterocycles. The first-order chi connectivity index (χ1) is 19.5. The smallest absolute Gasteiger partial charge is 0.264 e. The zero-order chi connectivity index (χ0) is 30.2. The fraction of sp³-hybridized carbons (Fsp3) is 0.355. The molecular formula is C31H37ClFN3O4S. The number of sulfonamides is 1. The van der Waals surface area contributed by atoms with E-state index in [1.807, 2.05) is 13.8 Å². The van der Waals surface area contributed by atoms with Gasteiger partial charge in [-0.15, -0.1) is 0 Å². The van der Waals surface area contributed by atoms with E-state index in [9.17, 15) is 22.4 Å². The van der Waals surface area contributed by atoms with E-state index in [0.29, 0.717) is 29.1 Å². The minimum absolute atomic E-state index is 0.00817. The van der Waals surface area contributed by atoms with Gasteiger partial charge in [0.1, 0.15) is 18.4 Å². The molecule has 0 saturated carbocycles. The van der Waals surface area contributed by atoms with Crippen molar-refractivity contribution in [2.45, 2.75) is 64.4 Å². The van der Waals surface area contributed by atoms with Gasteiger partial charge >= 0.3 is 0 Å². The summed E-state index contributed by atoms with van der Waals surface area (Å²) in [5.74, 6) is -1.34. The number of nitrogens with zero attached hydrogens (tertiary/aromatic N) is 2. The van der Waals surface area contributed by atoms with Gasteiger partial charge in [-0.2, -0.15) is 0 Å². The quantitative estimate of drug-likeness (QED) is 0.243. The van der Waals surface area contributed by atoms with E-state index in [-0.39, 0.29) is 23.0 Å². The number of unbranched alkanes of at least 4 members (excludes halogenated alkanes) is 1. The van der Waals surface area contributed by atoms with Crippen molar-refractivity contribution in [3.63, 3.8) is 0 Å². The second kappa shape index (κ2) is 14.5. The van der Waals surface area contributed by atoms with Crippen molar-refractivity contribution in [1.29, 1.82) is 0 Å². The van der Waals surface area contributed by atoms with Crippen LogP contribution in [-0.4, -0.2) is 44.3 Å². The van der Waals surface area contributed by atoms with Crippen LogP contribution >= 0.6 is 11.6 Å². The number of carbonyl (C=O) groups is 2. The Kier molecular flexibility index (Phi) is 11.3. The van der Waals surface area contributed by atoms with Crippen LogP contribution in [0, 0.1) is 19.7 Å². The Bertz CT molecular complexity index is 1450. The first-order valence-corrected chi connectivity index (χ1v) is 15.5. The summed E-state index contributed by atoms with van der Waals surface area (Å²) in [5.41, 5.74) is 2.35. The topological polar surface area (TPSA) is 86.8 Å². The zero-order valence-corrected chi connectivity index (χ0v) is 25.4. The Hall–Kier alpha value is -3.43. The molecule has 0 heterocycles. The van der Waals surface area contributed by atoms with Crippen molar-refractivity contribution in [2.75, 3.05) is 17.4 Å². The number of nitrogens with one attached hydrogen (secondary N) is 1. The maximum Gasteiger partial charge on any atom is 0.264 e. The molecule has 10 heteroatoms. The van der Waals surface area contributed by atoms with Crippen molar-refractivity contribution in [1.82, 2.24) is 10.2 Å². The predicted molar refractivity (Wildman–Crippen MR) is 161 cm³/mol. The van der Waals surface area contributed by atoms with E-state index in [1.54, 1.807) is 50.2 Å². The highest BCUT2D eigenvalue weighted by molar-refractivity contribution is 7.92. The molecule has 0 bridgehead atoms. The van der Waals surface area contributed by atoms with E-state index in [2.05, 4.69) is 5.32 Å². The number of anilines is 1. The number of halogens is 2. The van der Waals surface area contributed by atoms with Gasteiger partial charge in [0.25, 0.3) is 10.0 Å². The van der Waals surface area contributed by atoms with Crippen molar-refractivity contribution >= 4 is 39.1 Å². The summed E-state index contributed by atoms with van der Waals surface area (Å²) in [6.07, 6.45) is 1.97. The molecule has 0 fully saturated rings. The molecule has 0 aliphatic rings. The van der Waals surface area contributed by atoms with E-state index in [4.69, 9.17) is 11.6 Å². The number of hydrogen-bond acceptors (Lipinski definition) is 4. The van der Waals surface area contributed by atoms with Crippen LogP contribution in [0.5, 0.6) is 0 Å². The highest BCUT2D eigenvalue weighted by Crippen LogP contribution is 2.30. The van der Waals surface area contributed by atoms with Gasteiger partial charge < -0.3 is 10.2 Å². The molecule has 3 aromatic carbocycles. The Morgan fingerprint density at radius 3 is 2.24 bits per heavy atom. The fourth-order valence-corrected chi connectivity index (χ4v) is 6.05. The second-order valence-corrected chi connectivity index (χ2v) is 12.3. The normalized spacial score (nSPS) is 12.0. The molecule has 2 amide bonds. The second-order valence-electron chi connectivity index (χ2n) is 9.97. The third-order valence-electron chi connectivity index (χ3n) is 6.81. The number of benzene rings is 3. The van der Waals surface area contributed by atoms with Crippen LogP contribution in [0.3, 0.4) is 0 Å². The third-order valence-corrected chi connectivity index (χ3v) is 8.82. The first-order valence-electron chi connectivity index (χ1n) is 13.6. The van der Waals surface area contributed by atoms with Gasteiger partial charge in [-0.3, -0.25) is 13.9 Å². The van der Waals surface area contributed by atoms with Gasteiger partial charge in [0.2, 0.25) is 11.8 Å². The number of aryl methyl sites for hydroxylation is 2. The van der Waals surface area contributed by atoms with Gasteiger partial charge in [-0.25, -0.2) is 12.8 Å². The SMILES string of the molecule is CCCCNC(=O)[C@H](CC)N(Cc1ccc(F)cc1)C(=O)CN(c1cc(Cl)ccc1C)S(=O)(=O)c1ccc(C)cc1. The molecule has 0 saturated heterocycles. The highest BCUT2D eigenvalue weighted by Gasteiger charge is 2.34. The number of amides is 2. The van der Waals surface area contributed by atoms with Crippen LogP contribution < -0.4 is 9.62 Å². The summed E-state index contributed by atoms with van der Waals surface area (Å²) in [6, 6.07) is 16.0. The van der Waals surface area contributed by atoms with Crippen LogP contribution in [0.4, 0.5) is 10.1 Å². The molecular weight excluding hydrogens is 565 g/mol. The Labute approximate surface area is 247 Å². The summed E-state index contributed by atoms with van der Waals surface area (Å²) < 4.78 is 42.7. The van der Waals surface area contributed by atoms with E-state index < -0.39 is 34.3 Å². The van der Waals surface area contributed by atoms with Crippen LogP contribution in [0.15, 0.2) is 71.6 Å². The molecule has 3 aromatic rings. The van der Waals surface area contributed by atoms with Crippen molar-refractivity contribution in [2.24, 2.45) is 0 Å². The van der Waals surface area contributed by atoms with Crippen molar-refractivity contribution < 1.29 is 22.4 Å². The Balaban J connectivity index is 2.07. The molecule has 0 unspecified atom stereocenters. The van der Waals surface area contributed by atoms with E-state index in [0.717, 1.165) is 22.7 Å². The minimum atomic E-state index is -4.21. The van der Waals surface area contributed by atoms with Gasteiger partial charge in [-0.1, -0.05) is 67.8 Å². The molecule has 0 radical (unpaired) electrons. The summed E-state index contributed by atoms with van der Waals surface area (Å²) in [4.78, 5) is 28.7. The fourth-order valence-electron chi connectivity index (χ4n) is 4.41. The molecule has 7 nitrogen and oxygen atoms in total. The first kappa shape index (κ1) is 32.1. The average Bonchev–Trinajstić information content (AvgIpc) is 2.94. The highest BCUT2D eigenvalue weighted by atomic mass is 35.5. The molecule has 1 atom stereocenters. The van der Waals surface area contributed by atoms with Gasteiger partial charge in [0.05, 0.1) is 10.6 Å². The van der Waals surface area contributed by atoms with Crippen LogP contribution in [0.25, 0.3) is 0 Å². The van der Waals surface area contributed by atoms with E-state index >= 15 is 0 Å². The lowest BCUT2D eigenvalue weighted by Gasteiger charge is -2.33. The third kappa shape index (κ3) is 8.30. The molecule has 0 spiro atoms. The molecule has 0 aliphatic heterocycles. The van der Waals surface area contributed by atoms with Crippen LogP contribution in [-0.2, 0) is 26.2 Å². The van der Waals surface area contributed by atoms with Gasteiger partial charge in [0.15, 0.2) is 0 Å². The standard InChI is InChI=1S/C31H37ClFN3O4S/c1-5-7-18-34-31(38)28(6-2)35(20-24-11-14-26(33)15-12-24)30(37)21-36(29-19-25(32)13-10-23(29)4)41(39,40)27-16-8-22(3)9-17-27/h8-17,19,28H,5-7,18,20-21H2,1-4H3,(H,34,38)/t28-/m0/s1. The lowest BCUT2D eigenvalue weighted by atomic mass is 10.1. The van der Waals surface area contributed by atoms with Crippen molar-refractivity contribution in [3.8, 4) is 0 Å². The largest absolute Gasteiger partial charge is 0.354 e. The lowest BCUT2D eigenvalue weighted by Crippen LogP contribution is -2.52. The molecule has 3 rings (SSSR count). The zero-order valence-electron chi connectivity index (χ0n) is 23.9. The molecule has 220 valence electrons. The summed E-state index contributed by atoms with van der Waals surface area (Å²) in [7, 11) is -4.21.